The highest BCUT2D eigenvalue weighted by Gasteiger charge is 2.11. The van der Waals surface area contributed by atoms with Crippen molar-refractivity contribution in [2.75, 3.05) is 5.32 Å². The summed E-state index contributed by atoms with van der Waals surface area (Å²) in [5.41, 5.74) is 1.58. The van der Waals surface area contributed by atoms with Crippen molar-refractivity contribution in [2.45, 2.75) is 6.92 Å². The molecule has 3 aromatic rings. The van der Waals surface area contributed by atoms with Gasteiger partial charge in [0.25, 0.3) is 5.91 Å². The highest BCUT2D eigenvalue weighted by atomic mass is 32.1. The number of amides is 1. The minimum Gasteiger partial charge on any atom is -0.296 e. The summed E-state index contributed by atoms with van der Waals surface area (Å²) >= 11 is 1.21. The maximum absolute atomic E-state index is 13.1. The number of rotatable bonds is 2. The molecule has 0 radical (unpaired) electrons. The first-order valence-corrected chi connectivity index (χ1v) is 6.59. The molecule has 20 heavy (non-hydrogen) atoms. The van der Waals surface area contributed by atoms with Crippen LogP contribution in [0.15, 0.2) is 30.6 Å². The van der Waals surface area contributed by atoms with Crippen molar-refractivity contribution >= 4 is 32.6 Å². The molecule has 5 nitrogen and oxygen atoms in total. The number of aryl methyl sites for hydroxylation is 1. The van der Waals surface area contributed by atoms with Crippen molar-refractivity contribution in [1.82, 2.24) is 15.0 Å². The summed E-state index contributed by atoms with van der Waals surface area (Å²) in [6.45, 7) is 1.79. The Kier molecular flexibility index (Phi) is 3.11. The molecule has 0 aliphatic carbocycles. The van der Waals surface area contributed by atoms with Gasteiger partial charge in [0.1, 0.15) is 11.5 Å². The quantitative estimate of drug-likeness (QED) is 0.787. The fourth-order valence-corrected chi connectivity index (χ4v) is 2.51. The molecule has 0 fully saturated rings. The third-order valence-electron chi connectivity index (χ3n) is 2.58. The summed E-state index contributed by atoms with van der Waals surface area (Å²) in [6.07, 6.45) is 2.92. The van der Waals surface area contributed by atoms with Crippen LogP contribution in [0.4, 0.5) is 9.52 Å². The highest BCUT2D eigenvalue weighted by Crippen LogP contribution is 2.26. The minimum atomic E-state index is -0.392. The Labute approximate surface area is 117 Å². The number of thiazole rings is 1. The van der Waals surface area contributed by atoms with Gasteiger partial charge in [-0.3, -0.25) is 15.1 Å². The van der Waals surface area contributed by atoms with E-state index in [0.29, 0.717) is 15.3 Å². The number of nitrogens with one attached hydrogen (secondary N) is 1. The lowest BCUT2D eigenvalue weighted by Crippen LogP contribution is -2.13. The Balaban J connectivity index is 1.85. The fourth-order valence-electron chi connectivity index (χ4n) is 1.62. The smallest absolute Gasteiger partial charge is 0.277 e. The van der Waals surface area contributed by atoms with E-state index in [1.807, 2.05) is 0 Å². The standard InChI is InChI=1S/C13H9FN4OS/c1-7-5-16-10(6-15-7)12(19)18-13-17-9-3-2-8(14)4-11(9)20-13/h2-6H,1H3,(H,17,18,19). The molecule has 0 saturated carbocycles. The predicted molar refractivity (Wildman–Crippen MR) is 74.3 cm³/mol. The van der Waals surface area contributed by atoms with Crippen molar-refractivity contribution < 1.29 is 9.18 Å². The van der Waals surface area contributed by atoms with Crippen LogP contribution < -0.4 is 5.32 Å². The van der Waals surface area contributed by atoms with Crippen LogP contribution in [0.25, 0.3) is 10.2 Å². The Morgan fingerprint density at radius 2 is 2.15 bits per heavy atom. The second kappa shape index (κ2) is 4.93. The lowest BCUT2D eigenvalue weighted by Gasteiger charge is -2.00. The molecule has 0 spiro atoms. The molecule has 0 aliphatic heterocycles. The van der Waals surface area contributed by atoms with Crippen LogP contribution in [0.3, 0.4) is 0 Å². The van der Waals surface area contributed by atoms with Crippen molar-refractivity contribution in [3.63, 3.8) is 0 Å². The van der Waals surface area contributed by atoms with Gasteiger partial charge < -0.3 is 0 Å². The summed E-state index contributed by atoms with van der Waals surface area (Å²) in [4.78, 5) is 24.1. The molecule has 0 bridgehead atoms. The van der Waals surface area contributed by atoms with Crippen molar-refractivity contribution in [2.24, 2.45) is 0 Å². The molecule has 0 unspecified atom stereocenters. The normalized spacial score (nSPS) is 10.7. The predicted octanol–water partition coefficient (Wildman–Crippen LogP) is 2.79. The zero-order valence-electron chi connectivity index (χ0n) is 10.4. The first-order chi connectivity index (χ1) is 9.61. The summed E-state index contributed by atoms with van der Waals surface area (Å²) in [5.74, 6) is -0.722. The SMILES string of the molecule is Cc1cnc(C(=O)Nc2nc3ccc(F)cc3s2)cn1. The molecule has 100 valence electrons. The number of halogens is 1. The average molecular weight is 288 g/mol. The molecule has 0 saturated heterocycles. The minimum absolute atomic E-state index is 0.209. The van der Waals surface area contributed by atoms with Gasteiger partial charge in [-0.2, -0.15) is 0 Å². The maximum atomic E-state index is 13.1. The lowest BCUT2D eigenvalue weighted by molar-refractivity contribution is 0.102. The Morgan fingerprint density at radius 1 is 1.30 bits per heavy atom. The number of carbonyl (C=O) groups excluding carboxylic acids is 1. The lowest BCUT2D eigenvalue weighted by atomic mass is 10.3. The van der Waals surface area contributed by atoms with Crippen LogP contribution in [0.5, 0.6) is 0 Å². The molecule has 1 N–H and O–H groups in total. The Morgan fingerprint density at radius 3 is 2.90 bits per heavy atom. The molecule has 2 aromatic heterocycles. The second-order valence-electron chi connectivity index (χ2n) is 4.13. The third kappa shape index (κ3) is 2.48. The fraction of sp³-hybridized carbons (Fsp3) is 0.0769. The molecular formula is C13H9FN4OS. The monoisotopic (exact) mass is 288 g/mol. The molecular weight excluding hydrogens is 279 g/mol. The van der Waals surface area contributed by atoms with E-state index >= 15 is 0 Å². The van der Waals surface area contributed by atoms with E-state index in [1.54, 1.807) is 13.0 Å². The number of aromatic nitrogens is 3. The highest BCUT2D eigenvalue weighted by molar-refractivity contribution is 7.22. The van der Waals surface area contributed by atoms with Gasteiger partial charge >= 0.3 is 0 Å². The van der Waals surface area contributed by atoms with Gasteiger partial charge in [-0.05, 0) is 25.1 Å². The van der Waals surface area contributed by atoms with E-state index in [4.69, 9.17) is 0 Å². The van der Waals surface area contributed by atoms with Gasteiger partial charge in [0.05, 0.1) is 22.1 Å². The van der Waals surface area contributed by atoms with Crippen molar-refractivity contribution in [1.29, 1.82) is 0 Å². The van der Waals surface area contributed by atoms with Crippen molar-refractivity contribution in [3.05, 3.63) is 47.8 Å². The van der Waals surface area contributed by atoms with E-state index < -0.39 is 5.91 Å². The number of nitrogens with zero attached hydrogens (tertiary/aromatic N) is 3. The third-order valence-corrected chi connectivity index (χ3v) is 3.52. The number of carbonyl (C=O) groups is 1. The van der Waals surface area contributed by atoms with Gasteiger partial charge in [0.15, 0.2) is 5.13 Å². The van der Waals surface area contributed by atoms with Crippen molar-refractivity contribution in [3.8, 4) is 0 Å². The summed E-state index contributed by atoms with van der Waals surface area (Å²) in [6, 6.07) is 4.29. The largest absolute Gasteiger partial charge is 0.296 e. The molecule has 0 atom stereocenters. The number of benzene rings is 1. The van der Waals surface area contributed by atoms with Crippen LogP contribution in [-0.2, 0) is 0 Å². The van der Waals surface area contributed by atoms with E-state index in [2.05, 4.69) is 20.3 Å². The maximum Gasteiger partial charge on any atom is 0.277 e. The van der Waals surface area contributed by atoms with E-state index in [0.717, 1.165) is 5.69 Å². The van der Waals surface area contributed by atoms with Gasteiger partial charge in [0, 0.05) is 6.20 Å². The van der Waals surface area contributed by atoms with E-state index in [-0.39, 0.29) is 11.5 Å². The van der Waals surface area contributed by atoms with Gasteiger partial charge in [-0.15, -0.1) is 0 Å². The van der Waals surface area contributed by atoms with Gasteiger partial charge in [0.2, 0.25) is 0 Å². The van der Waals surface area contributed by atoms with Crippen LogP contribution in [0, 0.1) is 12.7 Å². The number of anilines is 1. The Bertz CT molecular complexity index is 785. The molecule has 1 aromatic carbocycles. The molecule has 7 heteroatoms. The van der Waals surface area contributed by atoms with Crippen LogP contribution in [0.2, 0.25) is 0 Å². The zero-order chi connectivity index (χ0) is 14.1. The van der Waals surface area contributed by atoms with E-state index in [1.165, 1.54) is 35.9 Å². The van der Waals surface area contributed by atoms with Crippen LogP contribution >= 0.6 is 11.3 Å². The topological polar surface area (TPSA) is 67.8 Å². The average Bonchev–Trinajstić information content (AvgIpc) is 2.80. The molecule has 2 heterocycles. The van der Waals surface area contributed by atoms with E-state index in [9.17, 15) is 9.18 Å². The van der Waals surface area contributed by atoms with Crippen LogP contribution in [0.1, 0.15) is 16.2 Å². The number of fused-ring (bicyclic) bond motifs is 1. The van der Waals surface area contributed by atoms with Gasteiger partial charge in [-0.1, -0.05) is 11.3 Å². The first kappa shape index (κ1) is 12.6. The van der Waals surface area contributed by atoms with Crippen LogP contribution in [-0.4, -0.2) is 20.9 Å². The number of hydrogen-bond donors (Lipinski definition) is 1. The molecule has 0 aliphatic rings. The zero-order valence-corrected chi connectivity index (χ0v) is 11.2. The Hall–Kier alpha value is -2.41. The first-order valence-electron chi connectivity index (χ1n) is 5.78. The second-order valence-corrected chi connectivity index (χ2v) is 5.16. The number of hydrogen-bond acceptors (Lipinski definition) is 5. The summed E-state index contributed by atoms with van der Waals surface area (Å²) in [5, 5.41) is 3.03. The van der Waals surface area contributed by atoms with Gasteiger partial charge in [-0.25, -0.2) is 14.4 Å². The molecule has 3 rings (SSSR count). The molecule has 1 amide bonds. The summed E-state index contributed by atoms with van der Waals surface area (Å²) < 4.78 is 13.8. The summed E-state index contributed by atoms with van der Waals surface area (Å²) in [7, 11) is 0.